The summed E-state index contributed by atoms with van der Waals surface area (Å²) < 4.78 is 5.20. The number of carbonyl (C=O) groups is 4. The van der Waals surface area contributed by atoms with Crippen LogP contribution >= 0.6 is 11.6 Å². The highest BCUT2D eigenvalue weighted by molar-refractivity contribution is 6.30. The molecule has 0 aromatic heterocycles. The molecule has 30 heavy (non-hydrogen) atoms. The number of nitrogens with one attached hydrogen (secondary N) is 1. The van der Waals surface area contributed by atoms with E-state index in [1.807, 2.05) is 0 Å². The summed E-state index contributed by atoms with van der Waals surface area (Å²) in [5.74, 6) is -2.19. The first-order valence-corrected chi connectivity index (χ1v) is 10.7. The van der Waals surface area contributed by atoms with Crippen LogP contribution in [0.5, 0.6) is 0 Å². The van der Waals surface area contributed by atoms with Gasteiger partial charge in [0, 0.05) is 10.7 Å². The summed E-state index contributed by atoms with van der Waals surface area (Å²) >= 11 is 5.89. The van der Waals surface area contributed by atoms with Crippen LogP contribution < -0.4 is 5.32 Å². The summed E-state index contributed by atoms with van der Waals surface area (Å²) in [5.41, 5.74) is 0.483. The minimum atomic E-state index is -1.02. The van der Waals surface area contributed by atoms with Crippen molar-refractivity contribution < 1.29 is 23.9 Å². The zero-order valence-corrected chi connectivity index (χ0v) is 17.7. The van der Waals surface area contributed by atoms with Gasteiger partial charge in [-0.25, -0.2) is 4.79 Å². The van der Waals surface area contributed by atoms with Crippen LogP contribution in [0.3, 0.4) is 0 Å². The molecule has 160 valence electrons. The number of likely N-dealkylation sites (tertiary alicyclic amines) is 1. The Balaban J connectivity index is 1.42. The lowest BCUT2D eigenvalue weighted by Gasteiger charge is -2.28. The van der Waals surface area contributed by atoms with Gasteiger partial charge in [0.15, 0.2) is 6.61 Å². The number of imide groups is 1. The molecule has 1 heterocycles. The first-order valence-electron chi connectivity index (χ1n) is 10.4. The Morgan fingerprint density at radius 3 is 2.37 bits per heavy atom. The van der Waals surface area contributed by atoms with E-state index in [1.165, 1.54) is 0 Å². The van der Waals surface area contributed by atoms with Crippen LogP contribution in [0.15, 0.2) is 24.3 Å². The maximum absolute atomic E-state index is 13.1. The smallest absolute Gasteiger partial charge is 0.330 e. The predicted molar refractivity (Wildman–Crippen MR) is 109 cm³/mol. The molecule has 3 fully saturated rings. The SMILES string of the molecule is CC(C)[C@H](C(=O)OCC(=O)Nc1cccc(Cl)c1)N1C(=O)[C@H]2[C@H]3CC[C@@H](C3)[C@@H]2C1=O. The quantitative estimate of drug-likeness (QED) is 0.551. The summed E-state index contributed by atoms with van der Waals surface area (Å²) in [5, 5.41) is 3.07. The van der Waals surface area contributed by atoms with Gasteiger partial charge in [0.2, 0.25) is 11.8 Å². The van der Waals surface area contributed by atoms with Crippen molar-refractivity contribution in [3.05, 3.63) is 29.3 Å². The van der Waals surface area contributed by atoms with Crippen molar-refractivity contribution in [2.45, 2.75) is 39.2 Å². The monoisotopic (exact) mass is 432 g/mol. The van der Waals surface area contributed by atoms with E-state index in [4.69, 9.17) is 16.3 Å². The van der Waals surface area contributed by atoms with Gasteiger partial charge in [0.05, 0.1) is 11.8 Å². The number of carbonyl (C=O) groups excluding carboxylic acids is 4. The molecule has 1 N–H and O–H groups in total. The number of esters is 1. The fourth-order valence-corrected chi connectivity index (χ4v) is 5.56. The van der Waals surface area contributed by atoms with Crippen molar-refractivity contribution in [3.8, 4) is 0 Å². The molecule has 7 nitrogen and oxygen atoms in total. The first kappa shape index (κ1) is 20.8. The third-order valence-electron chi connectivity index (χ3n) is 6.57. The van der Waals surface area contributed by atoms with Crippen LogP contribution in [0, 0.1) is 29.6 Å². The van der Waals surface area contributed by atoms with E-state index < -0.39 is 24.5 Å². The summed E-state index contributed by atoms with van der Waals surface area (Å²) in [7, 11) is 0. The Hall–Kier alpha value is -2.41. The van der Waals surface area contributed by atoms with Crippen molar-refractivity contribution in [2.75, 3.05) is 11.9 Å². The third-order valence-corrected chi connectivity index (χ3v) is 6.80. The van der Waals surface area contributed by atoms with Crippen LogP contribution in [-0.4, -0.2) is 41.2 Å². The molecule has 4 rings (SSSR count). The zero-order chi connectivity index (χ0) is 21.6. The highest BCUT2D eigenvalue weighted by atomic mass is 35.5. The number of benzene rings is 1. The normalized spacial score (nSPS) is 28.1. The Morgan fingerprint density at radius 1 is 1.17 bits per heavy atom. The van der Waals surface area contributed by atoms with E-state index in [-0.39, 0.29) is 41.4 Å². The molecule has 2 bridgehead atoms. The summed E-state index contributed by atoms with van der Waals surface area (Å²) in [6.07, 6.45) is 2.87. The molecular formula is C22H25ClN2O5. The van der Waals surface area contributed by atoms with Crippen LogP contribution in [0.2, 0.25) is 5.02 Å². The number of amides is 3. The average molecular weight is 433 g/mol. The first-order chi connectivity index (χ1) is 14.3. The topological polar surface area (TPSA) is 92.8 Å². The summed E-state index contributed by atoms with van der Waals surface area (Å²) in [4.78, 5) is 52.2. The fraction of sp³-hybridized carbons (Fsp3) is 0.545. The minimum Gasteiger partial charge on any atom is -0.454 e. The lowest BCUT2D eigenvalue weighted by atomic mass is 9.81. The molecule has 0 unspecified atom stereocenters. The average Bonchev–Trinajstić information content (AvgIpc) is 3.36. The van der Waals surface area contributed by atoms with Crippen LogP contribution in [0.25, 0.3) is 0 Å². The Labute approximate surface area is 180 Å². The third kappa shape index (κ3) is 3.60. The van der Waals surface area contributed by atoms with Crippen molar-refractivity contribution >= 4 is 41.0 Å². The number of halogens is 1. The standard InChI is InChI=1S/C22H25ClN2O5/c1-11(2)19(22(29)30-10-16(26)24-15-5-3-4-14(23)9-15)25-20(27)17-12-6-7-13(8-12)18(17)21(25)28/h3-5,9,11-13,17-19H,6-8,10H2,1-2H3,(H,24,26)/t12-,13-,17-,18-,19+/m0/s1. The highest BCUT2D eigenvalue weighted by Gasteiger charge is 2.62. The van der Waals surface area contributed by atoms with Crippen LogP contribution in [0.4, 0.5) is 5.69 Å². The number of anilines is 1. The number of ether oxygens (including phenoxy) is 1. The van der Waals surface area contributed by atoms with E-state index in [2.05, 4.69) is 5.32 Å². The maximum atomic E-state index is 13.1. The van der Waals surface area contributed by atoms with Gasteiger partial charge in [-0.3, -0.25) is 19.3 Å². The molecule has 3 amide bonds. The number of hydrogen-bond acceptors (Lipinski definition) is 5. The lowest BCUT2D eigenvalue weighted by molar-refractivity contribution is -0.162. The Bertz CT molecular complexity index is 873. The molecule has 0 radical (unpaired) electrons. The van der Waals surface area contributed by atoms with Gasteiger partial charge in [-0.1, -0.05) is 31.5 Å². The number of fused-ring (bicyclic) bond motifs is 5. The molecule has 8 heteroatoms. The molecule has 1 aliphatic heterocycles. The predicted octanol–water partition coefficient (Wildman–Crippen LogP) is 2.88. The Kier molecular flexibility index (Phi) is 5.57. The van der Waals surface area contributed by atoms with E-state index in [1.54, 1.807) is 38.1 Å². The van der Waals surface area contributed by atoms with E-state index in [0.717, 1.165) is 24.2 Å². The highest BCUT2D eigenvalue weighted by Crippen LogP contribution is 2.56. The van der Waals surface area contributed by atoms with Gasteiger partial charge in [-0.2, -0.15) is 0 Å². The fourth-order valence-electron chi connectivity index (χ4n) is 5.37. The van der Waals surface area contributed by atoms with Crippen molar-refractivity contribution in [3.63, 3.8) is 0 Å². The molecule has 1 aromatic rings. The second-order valence-corrected chi connectivity index (χ2v) is 9.22. The van der Waals surface area contributed by atoms with Gasteiger partial charge in [0.1, 0.15) is 6.04 Å². The summed E-state index contributed by atoms with van der Waals surface area (Å²) in [6, 6.07) is 5.59. The van der Waals surface area contributed by atoms with Gasteiger partial charge in [-0.05, 0) is 55.2 Å². The van der Waals surface area contributed by atoms with Gasteiger partial charge >= 0.3 is 5.97 Å². The molecule has 5 atom stereocenters. The van der Waals surface area contributed by atoms with Crippen molar-refractivity contribution in [1.29, 1.82) is 0 Å². The van der Waals surface area contributed by atoms with E-state index >= 15 is 0 Å². The largest absolute Gasteiger partial charge is 0.454 e. The van der Waals surface area contributed by atoms with Gasteiger partial charge < -0.3 is 10.1 Å². The molecule has 0 spiro atoms. The molecule has 2 saturated carbocycles. The number of nitrogens with zero attached hydrogens (tertiary/aromatic N) is 1. The molecule has 3 aliphatic rings. The number of hydrogen-bond donors (Lipinski definition) is 1. The molecule has 1 saturated heterocycles. The van der Waals surface area contributed by atoms with Gasteiger partial charge in [-0.15, -0.1) is 0 Å². The molecule has 2 aliphatic carbocycles. The molecule has 1 aromatic carbocycles. The van der Waals surface area contributed by atoms with Gasteiger partial charge in [0.25, 0.3) is 5.91 Å². The van der Waals surface area contributed by atoms with Crippen molar-refractivity contribution in [2.24, 2.45) is 29.6 Å². The van der Waals surface area contributed by atoms with Crippen LogP contribution in [0.1, 0.15) is 33.1 Å². The lowest BCUT2D eigenvalue weighted by Crippen LogP contribution is -2.50. The second-order valence-electron chi connectivity index (χ2n) is 8.79. The Morgan fingerprint density at radius 2 is 1.80 bits per heavy atom. The summed E-state index contributed by atoms with van der Waals surface area (Å²) in [6.45, 7) is 3.02. The maximum Gasteiger partial charge on any atom is 0.330 e. The van der Waals surface area contributed by atoms with E-state index in [0.29, 0.717) is 10.7 Å². The zero-order valence-electron chi connectivity index (χ0n) is 17.0. The second kappa shape index (κ2) is 8.02. The van der Waals surface area contributed by atoms with Crippen molar-refractivity contribution in [1.82, 2.24) is 4.90 Å². The molecular weight excluding hydrogens is 408 g/mol. The number of rotatable bonds is 6. The van der Waals surface area contributed by atoms with E-state index in [9.17, 15) is 19.2 Å². The minimum absolute atomic E-state index is 0.244. The van der Waals surface area contributed by atoms with Crippen LogP contribution in [-0.2, 0) is 23.9 Å².